The number of esters is 1. The van der Waals surface area contributed by atoms with Crippen LogP contribution in [0.3, 0.4) is 0 Å². The van der Waals surface area contributed by atoms with Crippen LogP contribution < -0.4 is 5.69 Å². The van der Waals surface area contributed by atoms with E-state index >= 15 is 0 Å². The van der Waals surface area contributed by atoms with Crippen molar-refractivity contribution in [1.82, 2.24) is 24.0 Å². The summed E-state index contributed by atoms with van der Waals surface area (Å²) < 4.78 is 7.92. The number of likely N-dealkylation sites (tertiary alicyclic amines) is 1. The van der Waals surface area contributed by atoms with E-state index in [2.05, 4.69) is 9.97 Å². The molecule has 3 aromatic heterocycles. The van der Waals surface area contributed by atoms with Gasteiger partial charge in [0.05, 0.1) is 41.8 Å². The van der Waals surface area contributed by atoms with Gasteiger partial charge in [-0.05, 0) is 55.3 Å². The van der Waals surface area contributed by atoms with Gasteiger partial charge >= 0.3 is 17.8 Å². The van der Waals surface area contributed by atoms with Gasteiger partial charge in [-0.25, -0.2) is 19.4 Å². The van der Waals surface area contributed by atoms with Crippen LogP contribution in [0.15, 0.2) is 59.7 Å². The number of carbonyl (C=O) groups excluding carboxylic acids is 1. The molecule has 0 radical (unpaired) electrons. The monoisotopic (exact) mass is 473 g/mol. The van der Waals surface area contributed by atoms with Crippen molar-refractivity contribution in [3.8, 4) is 16.9 Å². The molecule has 0 spiro atoms. The molecule has 1 atom stereocenters. The molecule has 1 aromatic carbocycles. The summed E-state index contributed by atoms with van der Waals surface area (Å²) in [5, 5.41) is 9.32. The van der Waals surface area contributed by atoms with Crippen LogP contribution in [-0.2, 0) is 4.74 Å². The minimum Gasteiger partial charge on any atom is -0.465 e. The van der Waals surface area contributed by atoms with E-state index in [-0.39, 0.29) is 18.3 Å². The number of amides is 1. The molecule has 178 valence electrons. The van der Waals surface area contributed by atoms with Crippen LogP contribution in [0.1, 0.15) is 28.4 Å². The van der Waals surface area contributed by atoms with Crippen LogP contribution in [0, 0.1) is 6.92 Å². The van der Waals surface area contributed by atoms with Crippen molar-refractivity contribution in [2.24, 2.45) is 0 Å². The minimum atomic E-state index is -0.994. The molecule has 1 saturated heterocycles. The third-order valence-electron chi connectivity index (χ3n) is 6.36. The fourth-order valence-corrected chi connectivity index (χ4v) is 4.63. The maximum absolute atomic E-state index is 13.5. The summed E-state index contributed by atoms with van der Waals surface area (Å²) in [7, 11) is 1.34. The number of ether oxygens (including phenoxy) is 1. The molecule has 0 bridgehead atoms. The highest BCUT2D eigenvalue weighted by molar-refractivity contribution is 5.90. The first-order chi connectivity index (χ1) is 16.9. The summed E-state index contributed by atoms with van der Waals surface area (Å²) in [6.45, 7) is 2.50. The van der Waals surface area contributed by atoms with Crippen LogP contribution in [0.2, 0.25) is 0 Å². The Morgan fingerprint density at radius 1 is 1.14 bits per heavy atom. The van der Waals surface area contributed by atoms with Crippen molar-refractivity contribution in [3.05, 3.63) is 76.5 Å². The average Bonchev–Trinajstić information content (AvgIpc) is 3.46. The Morgan fingerprint density at radius 3 is 2.63 bits per heavy atom. The van der Waals surface area contributed by atoms with E-state index in [1.165, 1.54) is 12.0 Å². The molecule has 4 aromatic rings. The van der Waals surface area contributed by atoms with Crippen LogP contribution in [0.4, 0.5) is 4.79 Å². The molecule has 1 N–H and O–H groups in total. The van der Waals surface area contributed by atoms with Crippen LogP contribution in [0.25, 0.3) is 28.1 Å². The number of benzene rings is 1. The molecule has 10 nitrogen and oxygen atoms in total. The number of aryl methyl sites for hydroxylation is 1. The fourth-order valence-electron chi connectivity index (χ4n) is 4.63. The number of hydrogen-bond acceptors (Lipinski definition) is 6. The van der Waals surface area contributed by atoms with Gasteiger partial charge in [-0.1, -0.05) is 6.07 Å². The van der Waals surface area contributed by atoms with E-state index in [1.807, 2.05) is 31.2 Å². The topological polar surface area (TPSA) is 120 Å². The number of fused-ring (bicyclic) bond motifs is 1. The zero-order valence-electron chi connectivity index (χ0n) is 19.2. The van der Waals surface area contributed by atoms with Crippen LogP contribution in [-0.4, -0.2) is 61.4 Å². The first-order valence-electron chi connectivity index (χ1n) is 11.1. The first-order valence-corrected chi connectivity index (χ1v) is 11.1. The summed E-state index contributed by atoms with van der Waals surface area (Å²) in [6.07, 6.45) is 2.79. The Morgan fingerprint density at radius 2 is 1.97 bits per heavy atom. The highest BCUT2D eigenvalue weighted by atomic mass is 16.5. The molecule has 35 heavy (non-hydrogen) atoms. The lowest BCUT2D eigenvalue weighted by molar-refractivity contribution is 0.0600. The van der Waals surface area contributed by atoms with E-state index in [9.17, 15) is 19.5 Å². The van der Waals surface area contributed by atoms with Gasteiger partial charge in [-0.15, -0.1) is 0 Å². The number of carboxylic acid groups (broad SMARTS) is 1. The number of methoxy groups -OCH3 is 1. The molecule has 4 heterocycles. The predicted octanol–water partition coefficient (Wildman–Crippen LogP) is 3.27. The van der Waals surface area contributed by atoms with Gasteiger partial charge < -0.3 is 14.7 Å². The number of carbonyl (C=O) groups is 2. The van der Waals surface area contributed by atoms with E-state index in [1.54, 1.807) is 39.7 Å². The van der Waals surface area contributed by atoms with Crippen molar-refractivity contribution in [2.75, 3.05) is 20.2 Å². The molecular formula is C25H23N5O5. The Balaban J connectivity index is 1.54. The van der Waals surface area contributed by atoms with Crippen LogP contribution >= 0.6 is 0 Å². The maximum atomic E-state index is 13.5. The number of pyridine rings is 2. The van der Waals surface area contributed by atoms with E-state index in [0.29, 0.717) is 41.1 Å². The predicted molar refractivity (Wildman–Crippen MR) is 128 cm³/mol. The smallest absolute Gasteiger partial charge is 0.407 e. The second-order valence-corrected chi connectivity index (χ2v) is 8.43. The lowest BCUT2D eigenvalue weighted by Crippen LogP contribution is -2.31. The number of imidazole rings is 1. The molecule has 1 amide bonds. The maximum Gasteiger partial charge on any atom is 0.407 e. The van der Waals surface area contributed by atoms with Crippen molar-refractivity contribution in [2.45, 2.75) is 19.4 Å². The summed E-state index contributed by atoms with van der Waals surface area (Å²) in [5.74, 6) is -0.402. The Labute approximate surface area is 200 Å². The molecule has 5 rings (SSSR count). The molecule has 1 fully saturated rings. The summed E-state index contributed by atoms with van der Waals surface area (Å²) >= 11 is 0. The zero-order chi connectivity index (χ0) is 24.7. The molecule has 0 aliphatic carbocycles. The van der Waals surface area contributed by atoms with Gasteiger partial charge in [0.2, 0.25) is 0 Å². The van der Waals surface area contributed by atoms with E-state index < -0.39 is 12.1 Å². The van der Waals surface area contributed by atoms with E-state index in [4.69, 9.17) is 4.74 Å². The van der Waals surface area contributed by atoms with Crippen LogP contribution in [0.5, 0.6) is 0 Å². The quantitative estimate of drug-likeness (QED) is 0.452. The average molecular weight is 473 g/mol. The lowest BCUT2D eigenvalue weighted by Gasteiger charge is -2.13. The Hall–Kier alpha value is -4.47. The van der Waals surface area contributed by atoms with Gasteiger partial charge in [-0.2, -0.15) is 0 Å². The molecule has 10 heteroatoms. The summed E-state index contributed by atoms with van der Waals surface area (Å²) in [6, 6.07) is 12.2. The van der Waals surface area contributed by atoms with Crippen molar-refractivity contribution in [1.29, 1.82) is 0 Å². The second kappa shape index (κ2) is 8.71. The minimum absolute atomic E-state index is 0.239. The van der Waals surface area contributed by atoms with Gasteiger partial charge in [0.1, 0.15) is 0 Å². The first kappa shape index (κ1) is 22.3. The molecule has 1 aliphatic rings. The SMILES string of the molecule is COC(=O)c1ccc(-c2ccc(-n3c(=O)n([C@H]4CCN(C(=O)O)C4)c4ncccc43)cn2)c(C)c1. The zero-order valence-corrected chi connectivity index (χ0v) is 19.2. The fraction of sp³-hybridized carbons (Fsp3) is 0.240. The van der Waals surface area contributed by atoms with Crippen molar-refractivity contribution >= 4 is 23.2 Å². The molecule has 1 aliphatic heterocycles. The number of aromatic nitrogens is 4. The van der Waals surface area contributed by atoms with Crippen molar-refractivity contribution in [3.63, 3.8) is 0 Å². The lowest BCUT2D eigenvalue weighted by atomic mass is 10.0. The van der Waals surface area contributed by atoms with Crippen molar-refractivity contribution < 1.29 is 19.4 Å². The second-order valence-electron chi connectivity index (χ2n) is 8.43. The van der Waals surface area contributed by atoms with Gasteiger partial charge in [0.25, 0.3) is 0 Å². The normalized spacial score (nSPS) is 15.5. The third kappa shape index (κ3) is 3.82. The Kier molecular flexibility index (Phi) is 5.56. The Bertz CT molecular complexity index is 1510. The third-order valence-corrected chi connectivity index (χ3v) is 6.36. The largest absolute Gasteiger partial charge is 0.465 e. The number of nitrogens with zero attached hydrogens (tertiary/aromatic N) is 5. The van der Waals surface area contributed by atoms with Gasteiger partial charge in [0.15, 0.2) is 5.65 Å². The van der Waals surface area contributed by atoms with Gasteiger partial charge in [0, 0.05) is 24.8 Å². The molecule has 0 unspecified atom stereocenters. The number of hydrogen-bond donors (Lipinski definition) is 1. The standard InChI is InChI=1S/C25H23N5O5/c1-15-12-16(23(31)35-2)5-7-19(15)20-8-6-17(13-27-20)29-21-4-3-10-26-22(21)30(24(29)32)18-9-11-28(14-18)25(33)34/h3-8,10,12-13,18H,9,11,14H2,1-2H3,(H,33,34)/t18-/m0/s1. The van der Waals surface area contributed by atoms with Gasteiger partial charge in [-0.3, -0.25) is 14.1 Å². The number of rotatable bonds is 4. The van der Waals surface area contributed by atoms with E-state index in [0.717, 1.165) is 11.1 Å². The molecular weight excluding hydrogens is 450 g/mol. The highest BCUT2D eigenvalue weighted by Crippen LogP contribution is 2.27. The summed E-state index contributed by atoms with van der Waals surface area (Å²) in [4.78, 5) is 47.0. The summed E-state index contributed by atoms with van der Waals surface area (Å²) in [5.41, 5.74) is 4.32. The highest BCUT2D eigenvalue weighted by Gasteiger charge is 2.31. The molecule has 0 saturated carbocycles.